The van der Waals surface area contributed by atoms with E-state index in [2.05, 4.69) is 41.6 Å². The van der Waals surface area contributed by atoms with Crippen LogP contribution in [0.5, 0.6) is 0 Å². The van der Waals surface area contributed by atoms with Crippen LogP contribution in [0, 0.1) is 0 Å². The zero-order valence-electron chi connectivity index (χ0n) is 16.0. The molecule has 1 heterocycles. The number of aryl methyl sites for hydroxylation is 1. The predicted octanol–water partition coefficient (Wildman–Crippen LogP) is 3.04. The van der Waals surface area contributed by atoms with Gasteiger partial charge >= 0.3 is 0 Å². The predicted molar refractivity (Wildman–Crippen MR) is 110 cm³/mol. The van der Waals surface area contributed by atoms with Crippen molar-refractivity contribution in [3.63, 3.8) is 0 Å². The number of hydrogen-bond acceptors (Lipinski definition) is 5. The summed E-state index contributed by atoms with van der Waals surface area (Å²) in [5.41, 5.74) is 3.91. The molecule has 1 aromatic heterocycles. The Morgan fingerprint density at radius 2 is 1.89 bits per heavy atom. The van der Waals surface area contributed by atoms with Gasteiger partial charge in [0.05, 0.1) is 36.0 Å². The first-order valence-corrected chi connectivity index (χ1v) is 11.1. The Kier molecular flexibility index (Phi) is 6.16. The number of anilines is 1. The van der Waals surface area contributed by atoms with Crippen LogP contribution in [-0.4, -0.2) is 36.2 Å². The summed E-state index contributed by atoms with van der Waals surface area (Å²) in [4.78, 5) is 0.290. The zero-order valence-corrected chi connectivity index (χ0v) is 16.9. The number of hydrogen-bond donors (Lipinski definition) is 2. The lowest BCUT2D eigenvalue weighted by Crippen LogP contribution is -2.13. The minimum Gasteiger partial charge on any atom is -0.394 e. The number of nitrogens with one attached hydrogen (secondary N) is 1. The maximum Gasteiger partial charge on any atom is 0.175 e. The van der Waals surface area contributed by atoms with Gasteiger partial charge in [-0.15, -0.1) is 0 Å². The third-order valence-electron chi connectivity index (χ3n) is 4.61. The van der Waals surface area contributed by atoms with Crippen molar-refractivity contribution < 1.29 is 13.5 Å². The van der Waals surface area contributed by atoms with Gasteiger partial charge < -0.3 is 10.4 Å². The van der Waals surface area contributed by atoms with Gasteiger partial charge in [-0.3, -0.25) is 4.68 Å². The van der Waals surface area contributed by atoms with Gasteiger partial charge in [0.15, 0.2) is 9.84 Å². The summed E-state index contributed by atoms with van der Waals surface area (Å²) in [6.07, 6.45) is 5.69. The van der Waals surface area contributed by atoms with Crippen molar-refractivity contribution in [1.29, 1.82) is 0 Å². The first kappa shape index (κ1) is 20.1. The summed E-state index contributed by atoms with van der Waals surface area (Å²) >= 11 is 0. The molecule has 0 saturated heterocycles. The first-order valence-electron chi connectivity index (χ1n) is 9.19. The fraction of sp³-hybridized carbons (Fsp3) is 0.286. The smallest absolute Gasteiger partial charge is 0.175 e. The van der Waals surface area contributed by atoms with E-state index in [0.717, 1.165) is 23.2 Å². The highest BCUT2D eigenvalue weighted by Crippen LogP contribution is 2.28. The van der Waals surface area contributed by atoms with Crippen molar-refractivity contribution in [2.45, 2.75) is 30.8 Å². The Morgan fingerprint density at radius 3 is 2.54 bits per heavy atom. The van der Waals surface area contributed by atoms with Crippen LogP contribution < -0.4 is 5.32 Å². The summed E-state index contributed by atoms with van der Waals surface area (Å²) in [6.45, 7) is 2.54. The molecule has 0 saturated carbocycles. The van der Waals surface area contributed by atoms with Crippen LogP contribution in [0.4, 0.5) is 5.69 Å². The number of sulfone groups is 1. The van der Waals surface area contributed by atoms with E-state index in [0.29, 0.717) is 6.54 Å². The zero-order chi connectivity index (χ0) is 20.1. The molecule has 2 aromatic carbocycles. The van der Waals surface area contributed by atoms with Gasteiger partial charge in [0, 0.05) is 12.5 Å². The van der Waals surface area contributed by atoms with Gasteiger partial charge in [-0.05, 0) is 35.2 Å². The molecule has 148 valence electrons. The molecule has 0 radical (unpaired) electrons. The average molecular weight is 400 g/mol. The second-order valence-corrected chi connectivity index (χ2v) is 8.75. The van der Waals surface area contributed by atoms with E-state index in [1.54, 1.807) is 29.1 Å². The molecule has 0 bridgehead atoms. The minimum absolute atomic E-state index is 0.0133. The summed E-state index contributed by atoms with van der Waals surface area (Å²) < 4.78 is 25.7. The Bertz CT molecular complexity index is 1030. The standard InChI is InChI=1S/C21H25N3O3S/c1-3-16-7-9-17(10-8-16)21(23-19-14-22-24(15-19)11-12-25)18-5-4-6-20(13-18)28(2,26)27/h4-10,13-15,21,23,25H,3,11-12H2,1-2H3. The molecule has 3 aromatic rings. The highest BCUT2D eigenvalue weighted by Gasteiger charge is 2.17. The largest absolute Gasteiger partial charge is 0.394 e. The van der Waals surface area contributed by atoms with E-state index in [1.807, 2.05) is 12.3 Å². The molecule has 0 spiro atoms. The quantitative estimate of drug-likeness (QED) is 0.608. The molecule has 6 nitrogen and oxygen atoms in total. The number of rotatable bonds is 8. The van der Waals surface area contributed by atoms with Crippen LogP contribution >= 0.6 is 0 Å². The molecule has 0 aliphatic carbocycles. The van der Waals surface area contributed by atoms with Crippen LogP contribution in [0.25, 0.3) is 0 Å². The van der Waals surface area contributed by atoms with Crippen molar-refractivity contribution in [3.05, 3.63) is 77.6 Å². The number of aliphatic hydroxyl groups is 1. The van der Waals surface area contributed by atoms with Gasteiger partial charge in [0.1, 0.15) is 0 Å². The van der Waals surface area contributed by atoms with E-state index in [4.69, 9.17) is 5.11 Å². The summed E-state index contributed by atoms with van der Waals surface area (Å²) in [5, 5.41) is 16.8. The van der Waals surface area contributed by atoms with Gasteiger partial charge in [0.25, 0.3) is 0 Å². The molecule has 2 N–H and O–H groups in total. The highest BCUT2D eigenvalue weighted by molar-refractivity contribution is 7.90. The Labute approximate surface area is 165 Å². The van der Waals surface area contributed by atoms with Crippen molar-refractivity contribution in [2.75, 3.05) is 18.2 Å². The SMILES string of the molecule is CCc1ccc(C(Nc2cnn(CCO)c2)c2cccc(S(C)(=O)=O)c2)cc1. The fourth-order valence-electron chi connectivity index (χ4n) is 3.06. The molecule has 0 amide bonds. The van der Waals surface area contributed by atoms with Crippen molar-refractivity contribution >= 4 is 15.5 Å². The van der Waals surface area contributed by atoms with Gasteiger partial charge in [-0.1, -0.05) is 43.3 Å². The number of nitrogens with zero attached hydrogens (tertiary/aromatic N) is 2. The lowest BCUT2D eigenvalue weighted by atomic mass is 9.97. The molecule has 0 fully saturated rings. The van der Waals surface area contributed by atoms with Crippen LogP contribution in [0.3, 0.4) is 0 Å². The van der Waals surface area contributed by atoms with E-state index in [-0.39, 0.29) is 17.5 Å². The molecule has 28 heavy (non-hydrogen) atoms. The molecule has 7 heteroatoms. The second-order valence-electron chi connectivity index (χ2n) is 6.73. The van der Waals surface area contributed by atoms with Crippen molar-refractivity contribution in [2.24, 2.45) is 0 Å². The topological polar surface area (TPSA) is 84.2 Å². The lowest BCUT2D eigenvalue weighted by Gasteiger charge is -2.21. The molecular weight excluding hydrogens is 374 g/mol. The van der Waals surface area contributed by atoms with Gasteiger partial charge in [-0.2, -0.15) is 5.10 Å². The average Bonchev–Trinajstić information content (AvgIpc) is 3.13. The summed E-state index contributed by atoms with van der Waals surface area (Å²) in [6, 6.07) is 15.0. The van der Waals surface area contributed by atoms with Crippen LogP contribution in [0.15, 0.2) is 65.8 Å². The number of benzene rings is 2. The highest BCUT2D eigenvalue weighted by atomic mass is 32.2. The fourth-order valence-corrected chi connectivity index (χ4v) is 3.74. The molecule has 1 atom stereocenters. The van der Waals surface area contributed by atoms with Gasteiger partial charge in [-0.25, -0.2) is 8.42 Å². The first-order chi connectivity index (χ1) is 13.4. The van der Waals surface area contributed by atoms with E-state index >= 15 is 0 Å². The third-order valence-corrected chi connectivity index (χ3v) is 5.72. The maximum absolute atomic E-state index is 12.0. The summed E-state index contributed by atoms with van der Waals surface area (Å²) in [7, 11) is -3.30. The normalized spacial score (nSPS) is 12.7. The van der Waals surface area contributed by atoms with Crippen molar-refractivity contribution in [1.82, 2.24) is 9.78 Å². The van der Waals surface area contributed by atoms with Crippen LogP contribution in [0.2, 0.25) is 0 Å². The molecule has 1 unspecified atom stereocenters. The Hall–Kier alpha value is -2.64. The second kappa shape index (κ2) is 8.58. The van der Waals surface area contributed by atoms with Crippen LogP contribution in [0.1, 0.15) is 29.7 Å². The van der Waals surface area contributed by atoms with E-state index in [1.165, 1.54) is 11.8 Å². The lowest BCUT2D eigenvalue weighted by molar-refractivity contribution is 0.269. The molecule has 0 aliphatic rings. The van der Waals surface area contributed by atoms with Crippen molar-refractivity contribution in [3.8, 4) is 0 Å². The number of aliphatic hydroxyl groups excluding tert-OH is 1. The Morgan fingerprint density at radius 1 is 1.14 bits per heavy atom. The van der Waals surface area contributed by atoms with Gasteiger partial charge in [0.2, 0.25) is 0 Å². The monoisotopic (exact) mass is 399 g/mol. The molecular formula is C21H25N3O3S. The number of aromatic nitrogens is 2. The summed E-state index contributed by atoms with van der Waals surface area (Å²) in [5.74, 6) is 0. The molecule has 0 aliphatic heterocycles. The molecule has 3 rings (SSSR count). The third kappa shape index (κ3) is 4.79. The Balaban J connectivity index is 2.00. The minimum atomic E-state index is -3.30. The van der Waals surface area contributed by atoms with Crippen LogP contribution in [-0.2, 0) is 22.8 Å². The van der Waals surface area contributed by atoms with E-state index < -0.39 is 9.84 Å². The maximum atomic E-state index is 12.0. The van der Waals surface area contributed by atoms with E-state index in [9.17, 15) is 8.42 Å².